The van der Waals surface area contributed by atoms with E-state index in [1.165, 1.54) is 0 Å². The van der Waals surface area contributed by atoms with Crippen molar-refractivity contribution < 1.29 is 26.0 Å². The second-order valence-electron chi connectivity index (χ2n) is 4.74. The molecule has 1 aliphatic heterocycles. The molecule has 0 amide bonds. The topological polar surface area (TPSA) is 116 Å². The molecular weight excluding hydrogens is 323 g/mol. The average Bonchev–Trinajstić information content (AvgIpc) is 2.77. The molecule has 2 rings (SSSR count). The number of benzene rings is 1. The quantitative estimate of drug-likeness (QED) is 0.806. The summed E-state index contributed by atoms with van der Waals surface area (Å²) < 4.78 is 67.0. The van der Waals surface area contributed by atoms with Gasteiger partial charge in [-0.2, -0.15) is 0 Å². The van der Waals surface area contributed by atoms with Gasteiger partial charge in [-0.05, 0) is 31.0 Å². The molecule has 0 radical (unpaired) electrons. The van der Waals surface area contributed by atoms with Crippen molar-refractivity contribution in [3.8, 4) is 0 Å². The van der Waals surface area contributed by atoms with E-state index in [1.54, 1.807) is 0 Å². The minimum atomic E-state index is -4.13. The first-order chi connectivity index (χ1) is 9.66. The van der Waals surface area contributed by atoms with Gasteiger partial charge >= 0.3 is 0 Å². The van der Waals surface area contributed by atoms with Crippen LogP contribution in [0.1, 0.15) is 12.8 Å². The lowest BCUT2D eigenvalue weighted by Gasteiger charge is -2.12. The summed E-state index contributed by atoms with van der Waals surface area (Å²) in [5.41, 5.74) is -0.197. The van der Waals surface area contributed by atoms with Gasteiger partial charge in [-0.3, -0.25) is 4.72 Å². The second-order valence-corrected chi connectivity index (χ2v) is 8.07. The van der Waals surface area contributed by atoms with E-state index in [1.807, 2.05) is 0 Å². The third kappa shape index (κ3) is 4.63. The number of nitrogens with two attached hydrogens (primary N) is 1. The summed E-state index contributed by atoms with van der Waals surface area (Å²) in [6.45, 7) is 0.510. The molecule has 1 atom stereocenters. The molecule has 1 aliphatic rings. The molecule has 1 aromatic rings. The summed E-state index contributed by atoms with van der Waals surface area (Å²) >= 11 is 0. The molecule has 1 unspecified atom stereocenters. The summed E-state index contributed by atoms with van der Waals surface area (Å²) in [5.74, 6) is -1.18. The van der Waals surface area contributed by atoms with Crippen molar-refractivity contribution in [3.05, 3.63) is 24.0 Å². The van der Waals surface area contributed by atoms with Crippen molar-refractivity contribution in [3.63, 3.8) is 0 Å². The van der Waals surface area contributed by atoms with Crippen LogP contribution in [0.2, 0.25) is 0 Å². The number of ether oxygens (including phenoxy) is 1. The van der Waals surface area contributed by atoms with Gasteiger partial charge in [0.05, 0.1) is 22.4 Å². The highest BCUT2D eigenvalue weighted by Gasteiger charge is 2.24. The van der Waals surface area contributed by atoms with E-state index in [0.29, 0.717) is 19.1 Å². The molecule has 1 fully saturated rings. The first-order valence-corrected chi connectivity index (χ1v) is 9.31. The second kappa shape index (κ2) is 5.87. The van der Waals surface area contributed by atoms with Gasteiger partial charge < -0.3 is 4.74 Å². The Morgan fingerprint density at radius 1 is 1.29 bits per heavy atom. The lowest BCUT2D eigenvalue weighted by Crippen LogP contribution is -2.26. The predicted octanol–water partition coefficient (Wildman–Crippen LogP) is 0.394. The highest BCUT2D eigenvalue weighted by molar-refractivity contribution is 7.92. The zero-order valence-corrected chi connectivity index (χ0v) is 12.6. The van der Waals surface area contributed by atoms with Crippen LogP contribution in [0.15, 0.2) is 23.1 Å². The number of primary sulfonamides is 1. The Kier molecular flexibility index (Phi) is 4.51. The van der Waals surface area contributed by atoms with Gasteiger partial charge in [0.1, 0.15) is 5.82 Å². The van der Waals surface area contributed by atoms with Crippen molar-refractivity contribution in [1.82, 2.24) is 0 Å². The summed E-state index contributed by atoms with van der Waals surface area (Å²) in [6.07, 6.45) is 1.01. The van der Waals surface area contributed by atoms with Crippen LogP contribution in [0.25, 0.3) is 0 Å². The molecular formula is C11H15FN2O5S2. The fourth-order valence-corrected chi connectivity index (χ4v) is 3.91. The van der Waals surface area contributed by atoms with E-state index in [0.717, 1.165) is 18.6 Å². The minimum Gasteiger partial charge on any atom is -0.377 e. The molecule has 1 aromatic carbocycles. The van der Waals surface area contributed by atoms with E-state index in [9.17, 15) is 21.2 Å². The number of anilines is 1. The highest BCUT2D eigenvalue weighted by Crippen LogP contribution is 2.20. The minimum absolute atomic E-state index is 0.197. The van der Waals surface area contributed by atoms with Crippen molar-refractivity contribution in [2.75, 3.05) is 17.1 Å². The van der Waals surface area contributed by atoms with Crippen molar-refractivity contribution in [1.29, 1.82) is 0 Å². The first kappa shape index (κ1) is 16.1. The Bertz CT molecular complexity index is 727. The van der Waals surface area contributed by atoms with Crippen LogP contribution in [0, 0.1) is 5.82 Å². The normalized spacial score (nSPS) is 19.6. The lowest BCUT2D eigenvalue weighted by atomic mass is 10.3. The number of halogens is 1. The first-order valence-electron chi connectivity index (χ1n) is 6.11. The average molecular weight is 338 g/mol. The summed E-state index contributed by atoms with van der Waals surface area (Å²) in [6, 6.07) is 2.56. The van der Waals surface area contributed by atoms with Gasteiger partial charge in [0.25, 0.3) is 0 Å². The lowest BCUT2D eigenvalue weighted by molar-refractivity contribution is 0.127. The van der Waals surface area contributed by atoms with Crippen LogP contribution in [-0.2, 0) is 24.8 Å². The number of hydrogen-bond acceptors (Lipinski definition) is 5. The maximum Gasteiger partial charge on any atom is 0.238 e. The fourth-order valence-electron chi connectivity index (χ4n) is 2.03. The molecule has 3 N–H and O–H groups in total. The van der Waals surface area contributed by atoms with Crippen molar-refractivity contribution in [2.45, 2.75) is 23.8 Å². The van der Waals surface area contributed by atoms with E-state index in [-0.39, 0.29) is 11.4 Å². The fraction of sp³-hybridized carbons (Fsp3) is 0.455. The number of hydrogen-bond donors (Lipinski definition) is 2. The molecule has 1 heterocycles. The van der Waals surface area contributed by atoms with E-state index >= 15 is 0 Å². The molecule has 0 spiro atoms. The molecule has 0 bridgehead atoms. The van der Waals surface area contributed by atoms with Crippen LogP contribution in [0.4, 0.5) is 10.1 Å². The van der Waals surface area contributed by atoms with Crippen LogP contribution in [-0.4, -0.2) is 35.3 Å². The molecule has 1 saturated heterocycles. The monoisotopic (exact) mass is 338 g/mol. The predicted molar refractivity (Wildman–Crippen MR) is 74.2 cm³/mol. The zero-order chi connectivity index (χ0) is 15.7. The van der Waals surface area contributed by atoms with E-state index in [4.69, 9.17) is 9.88 Å². The van der Waals surface area contributed by atoms with E-state index in [2.05, 4.69) is 4.72 Å². The Balaban J connectivity index is 2.20. The van der Waals surface area contributed by atoms with Crippen molar-refractivity contribution in [2.24, 2.45) is 5.14 Å². The third-order valence-electron chi connectivity index (χ3n) is 2.90. The van der Waals surface area contributed by atoms with E-state index < -0.39 is 36.9 Å². The van der Waals surface area contributed by atoms with Gasteiger partial charge in [0.2, 0.25) is 20.0 Å². The Morgan fingerprint density at radius 2 is 2.00 bits per heavy atom. The van der Waals surface area contributed by atoms with Gasteiger partial charge in [-0.25, -0.2) is 26.4 Å². The maximum atomic E-state index is 13.4. The Labute approximate surface area is 122 Å². The number of rotatable bonds is 5. The van der Waals surface area contributed by atoms with Gasteiger partial charge in [0, 0.05) is 6.61 Å². The zero-order valence-electron chi connectivity index (χ0n) is 11.0. The van der Waals surface area contributed by atoms with Crippen LogP contribution >= 0.6 is 0 Å². The smallest absolute Gasteiger partial charge is 0.238 e. The van der Waals surface area contributed by atoms with Gasteiger partial charge in [0.15, 0.2) is 0 Å². The molecule has 0 aliphatic carbocycles. The molecule has 10 heteroatoms. The van der Waals surface area contributed by atoms with Gasteiger partial charge in [-0.1, -0.05) is 0 Å². The van der Waals surface area contributed by atoms with Crippen LogP contribution < -0.4 is 9.86 Å². The number of sulfonamides is 2. The molecule has 0 aromatic heterocycles. The maximum absolute atomic E-state index is 13.4. The van der Waals surface area contributed by atoms with Crippen LogP contribution in [0.3, 0.4) is 0 Å². The summed E-state index contributed by atoms with van der Waals surface area (Å²) in [5, 5.41) is 4.90. The Morgan fingerprint density at radius 3 is 2.57 bits per heavy atom. The SMILES string of the molecule is NS(=O)(=O)c1cc(F)cc(NS(=O)(=O)CC2CCCO2)c1. The summed E-state index contributed by atoms with van der Waals surface area (Å²) in [4.78, 5) is -0.502. The Hall–Kier alpha value is -1.23. The highest BCUT2D eigenvalue weighted by atomic mass is 32.2. The summed E-state index contributed by atoms with van der Waals surface area (Å²) in [7, 11) is -7.90. The third-order valence-corrected chi connectivity index (χ3v) is 5.15. The molecule has 7 nitrogen and oxygen atoms in total. The van der Waals surface area contributed by atoms with Crippen molar-refractivity contribution >= 4 is 25.7 Å². The molecule has 0 saturated carbocycles. The largest absolute Gasteiger partial charge is 0.377 e. The standard InChI is InChI=1S/C11H15FN2O5S2/c12-8-4-9(6-11(5-8)21(13,17)18)14-20(15,16)7-10-2-1-3-19-10/h4-6,10,14H,1-3,7H2,(H2,13,17,18). The van der Waals surface area contributed by atoms with Crippen LogP contribution in [0.5, 0.6) is 0 Å². The molecule has 21 heavy (non-hydrogen) atoms. The van der Waals surface area contributed by atoms with Gasteiger partial charge in [-0.15, -0.1) is 0 Å². The molecule has 118 valence electrons. The number of nitrogens with one attached hydrogen (secondary N) is 1.